The van der Waals surface area contributed by atoms with Gasteiger partial charge in [0.1, 0.15) is 24.2 Å². The molecule has 4 aromatic rings. The Bertz CT molecular complexity index is 2880. The van der Waals surface area contributed by atoms with Gasteiger partial charge in [0.25, 0.3) is 23.6 Å². The summed E-state index contributed by atoms with van der Waals surface area (Å²) in [5.74, 6) is -6.49. The molecule has 3 heterocycles. The first-order valence-electron chi connectivity index (χ1n) is 30.0. The van der Waals surface area contributed by atoms with E-state index in [9.17, 15) is 28.8 Å². The number of esters is 4. The predicted octanol–water partition coefficient (Wildman–Crippen LogP) is 6.95. The molecule has 2 aromatic heterocycles. The Morgan fingerprint density at radius 2 is 0.802 bits per heavy atom. The van der Waals surface area contributed by atoms with Gasteiger partial charge in [0.15, 0.2) is 24.4 Å². The van der Waals surface area contributed by atoms with Crippen molar-refractivity contribution in [1.29, 1.82) is 0 Å². The molecule has 22 nitrogen and oxygen atoms in total. The van der Waals surface area contributed by atoms with E-state index in [1.807, 2.05) is 93.5 Å². The van der Waals surface area contributed by atoms with Crippen molar-refractivity contribution < 1.29 is 66.8 Å². The van der Waals surface area contributed by atoms with Crippen LogP contribution >= 0.6 is 0 Å². The number of hydrogen-bond acceptors (Lipinski definition) is 16. The highest BCUT2D eigenvalue weighted by Gasteiger charge is 2.43. The molecule has 0 aliphatic carbocycles. The minimum Gasteiger partial charge on any atom is -0.478 e. The molecule has 1 saturated heterocycles. The number of nitrogens with zero attached hydrogens (tertiary/aromatic N) is 8. The second-order valence-electron chi connectivity index (χ2n) is 24.0. The fraction of sp³-hybridized carbons (Fsp3) is 0.594. The Morgan fingerprint density at radius 3 is 1.17 bits per heavy atom. The number of ether oxygens (including phenoxy) is 6. The summed E-state index contributed by atoms with van der Waals surface area (Å²) in [5.41, 5.74) is 2.92. The van der Waals surface area contributed by atoms with Crippen LogP contribution in [-0.2, 0) is 83.2 Å². The monoisotopic (exact) mass is 1200 g/mol. The van der Waals surface area contributed by atoms with E-state index in [0.717, 1.165) is 30.7 Å². The first-order chi connectivity index (χ1) is 40.6. The number of likely N-dealkylation sites (N-methyl/N-ethyl adjacent to an activating group) is 4. The molecule has 1 aliphatic heterocycles. The topological polar surface area (TPSA) is 241 Å². The highest BCUT2D eigenvalue weighted by Crippen LogP contribution is 2.25. The van der Waals surface area contributed by atoms with Crippen molar-refractivity contribution >= 4 is 47.5 Å². The Hall–Kier alpha value is -7.78. The fourth-order valence-electron chi connectivity index (χ4n) is 10.2. The third-order valence-electron chi connectivity index (χ3n) is 14.9. The van der Waals surface area contributed by atoms with Gasteiger partial charge in [-0.25, -0.2) is 23.9 Å². The second-order valence-corrected chi connectivity index (χ2v) is 24.0. The van der Waals surface area contributed by atoms with Gasteiger partial charge in [0.05, 0.1) is 32.5 Å². The second kappa shape index (κ2) is 32.1. The van der Waals surface area contributed by atoms with Gasteiger partial charge in [-0.05, 0) is 99.3 Å². The summed E-state index contributed by atoms with van der Waals surface area (Å²) >= 11 is 0. The number of cyclic esters (lactones) is 4. The standard InChI is InChI=1S/C64H92N8O14/c1-17-81-55-28-30-71(66-55)37-47-23-19-45(20-24-47)35-53-59(75)69(15)49(31-39(3)4)61(77)83-44(12)58(74)68(14)52(34-42(9)10)64(80)86-54(36-46-21-25-48(26-22-46)38-72-56(82-18-2)27-29-65-72)60(76)70(16)50(32-40(5)6)62(78)84-43(11)57(73)67(13)51(33-41(7)8)63(79)85-53/h19-30,39-44,49-54H,17-18,31-38H2,1-16H3/t43-,44-,49+,50+,51+,52+,53-,54-/m1/s1. The van der Waals surface area contributed by atoms with Crippen molar-refractivity contribution in [3.8, 4) is 11.8 Å². The summed E-state index contributed by atoms with van der Waals surface area (Å²) < 4.78 is 38.9. The molecule has 0 bridgehead atoms. The lowest BCUT2D eigenvalue weighted by molar-refractivity contribution is -0.176. The average Bonchev–Trinajstić information content (AvgIpc) is 4.13. The molecule has 0 unspecified atom stereocenters. The summed E-state index contributed by atoms with van der Waals surface area (Å²) in [6.07, 6.45) is -2.70. The Kier molecular flexibility index (Phi) is 25.8. The van der Waals surface area contributed by atoms with Gasteiger partial charge in [-0.2, -0.15) is 5.10 Å². The molecule has 0 spiro atoms. The van der Waals surface area contributed by atoms with E-state index in [-0.39, 0.29) is 62.2 Å². The number of amides is 4. The van der Waals surface area contributed by atoms with E-state index >= 15 is 9.59 Å². The number of benzene rings is 2. The van der Waals surface area contributed by atoms with Gasteiger partial charge in [-0.15, -0.1) is 5.10 Å². The molecule has 472 valence electrons. The van der Waals surface area contributed by atoms with Crippen molar-refractivity contribution in [3.63, 3.8) is 0 Å². The highest BCUT2D eigenvalue weighted by molar-refractivity contribution is 5.94. The maximum absolute atomic E-state index is 15.1. The Balaban J connectivity index is 1.58. The molecule has 86 heavy (non-hydrogen) atoms. The van der Waals surface area contributed by atoms with Gasteiger partial charge >= 0.3 is 23.9 Å². The van der Waals surface area contributed by atoms with E-state index in [2.05, 4.69) is 10.2 Å². The summed E-state index contributed by atoms with van der Waals surface area (Å²) in [4.78, 5) is 122. The average molecular weight is 1200 g/mol. The molecule has 5 rings (SSSR count). The van der Waals surface area contributed by atoms with Crippen LogP contribution in [0.1, 0.15) is 131 Å². The summed E-state index contributed by atoms with van der Waals surface area (Å²) in [6, 6.07) is 12.9. The van der Waals surface area contributed by atoms with Crippen LogP contribution < -0.4 is 9.47 Å². The van der Waals surface area contributed by atoms with Crippen molar-refractivity contribution in [3.05, 3.63) is 95.3 Å². The van der Waals surface area contributed by atoms with E-state index in [1.54, 1.807) is 58.2 Å². The van der Waals surface area contributed by atoms with E-state index in [4.69, 9.17) is 28.4 Å². The molecule has 4 amide bonds. The van der Waals surface area contributed by atoms with Gasteiger partial charge in [-0.1, -0.05) is 104 Å². The highest BCUT2D eigenvalue weighted by atomic mass is 16.6. The lowest BCUT2D eigenvalue weighted by Crippen LogP contribution is -2.55. The zero-order chi connectivity index (χ0) is 63.7. The third-order valence-corrected chi connectivity index (χ3v) is 14.9. The summed E-state index contributed by atoms with van der Waals surface area (Å²) in [5, 5.41) is 8.81. The van der Waals surface area contributed by atoms with Crippen LogP contribution in [0.2, 0.25) is 0 Å². The number of carbonyl (C=O) groups excluding carboxylic acids is 8. The Labute approximate surface area is 507 Å². The van der Waals surface area contributed by atoms with Crippen LogP contribution in [0.3, 0.4) is 0 Å². The number of hydrogen-bond donors (Lipinski definition) is 0. The van der Waals surface area contributed by atoms with Gasteiger partial charge < -0.3 is 48.0 Å². The molecule has 1 fully saturated rings. The maximum Gasteiger partial charge on any atom is 0.329 e. The fourth-order valence-corrected chi connectivity index (χ4v) is 10.2. The van der Waals surface area contributed by atoms with Gasteiger partial charge in [0.2, 0.25) is 11.8 Å². The van der Waals surface area contributed by atoms with Crippen LogP contribution in [0.5, 0.6) is 11.8 Å². The quantitative estimate of drug-likeness (QED) is 0.0642. The first kappa shape index (κ1) is 69.0. The molecule has 1 aliphatic rings. The molecule has 22 heteroatoms. The van der Waals surface area contributed by atoms with E-state index in [1.165, 1.54) is 42.0 Å². The normalized spacial score (nSPS) is 22.4. The van der Waals surface area contributed by atoms with Crippen LogP contribution in [0.4, 0.5) is 0 Å². The van der Waals surface area contributed by atoms with E-state index < -0.39 is 96.1 Å². The van der Waals surface area contributed by atoms with Crippen LogP contribution in [-0.4, -0.2) is 177 Å². The lowest BCUT2D eigenvalue weighted by atomic mass is 9.99. The minimum absolute atomic E-state index is 0.0702. The van der Waals surface area contributed by atoms with Crippen LogP contribution in [0.15, 0.2) is 73.1 Å². The first-order valence-corrected chi connectivity index (χ1v) is 30.0. The minimum atomic E-state index is -1.56. The molecular weight excluding hydrogens is 1100 g/mol. The zero-order valence-corrected chi connectivity index (χ0v) is 53.2. The van der Waals surface area contributed by atoms with Gasteiger partial charge in [-0.3, -0.25) is 23.9 Å². The number of carbonyl (C=O) groups is 8. The van der Waals surface area contributed by atoms with E-state index in [0.29, 0.717) is 49.2 Å². The van der Waals surface area contributed by atoms with Crippen LogP contribution in [0, 0.1) is 23.7 Å². The summed E-state index contributed by atoms with van der Waals surface area (Å²) in [6.45, 7) is 23.0. The zero-order valence-electron chi connectivity index (χ0n) is 53.2. The lowest BCUT2D eigenvalue weighted by Gasteiger charge is -2.35. The molecule has 0 saturated carbocycles. The number of rotatable bonds is 20. The van der Waals surface area contributed by atoms with Gasteiger partial charge in [0, 0.05) is 59.4 Å². The molecular formula is C64H92N8O14. The SMILES string of the molecule is CCOc1ccn(Cc2ccc(C[C@H]3OC(=O)[C@H](CC(C)C)N(C)C(=O)[C@@H](C)OC(=O)[C@H](CC(C)C)N(C)C(=O)[C@@H](Cc4ccc(Cn5nccc5OCC)cc4)OC(=O)[C@H](CC(C)C)N(C)C(=O)[C@@H](C)OC(=O)[C@H](CC(C)C)N(C)C3=O)cc2)n1. The molecule has 0 N–H and O–H groups in total. The Morgan fingerprint density at radius 1 is 0.453 bits per heavy atom. The smallest absolute Gasteiger partial charge is 0.329 e. The maximum atomic E-state index is 15.1. The molecule has 8 atom stereocenters. The van der Waals surface area contributed by atoms with Crippen molar-refractivity contribution in [1.82, 2.24) is 39.2 Å². The number of aromatic nitrogens is 4. The molecule has 0 radical (unpaired) electrons. The summed E-state index contributed by atoms with van der Waals surface area (Å²) in [7, 11) is 5.55. The van der Waals surface area contributed by atoms with Crippen LogP contribution in [0.25, 0.3) is 0 Å². The predicted molar refractivity (Wildman–Crippen MR) is 320 cm³/mol. The van der Waals surface area contributed by atoms with Crippen molar-refractivity contribution in [2.24, 2.45) is 23.7 Å². The van der Waals surface area contributed by atoms with Crippen molar-refractivity contribution in [2.45, 2.75) is 183 Å². The van der Waals surface area contributed by atoms with Crippen molar-refractivity contribution in [2.75, 3.05) is 41.4 Å². The molecule has 2 aromatic carbocycles. The third kappa shape index (κ3) is 19.4. The largest absolute Gasteiger partial charge is 0.478 e.